The Balaban J connectivity index is 1.74. The van der Waals surface area contributed by atoms with E-state index in [0.717, 1.165) is 25.2 Å². The zero-order valence-electron chi connectivity index (χ0n) is 12.1. The molecule has 2 aliphatic rings. The van der Waals surface area contributed by atoms with Crippen LogP contribution in [0.3, 0.4) is 0 Å². The van der Waals surface area contributed by atoms with E-state index in [4.69, 9.17) is 0 Å². The summed E-state index contributed by atoms with van der Waals surface area (Å²) in [6.07, 6.45) is 2.62. The van der Waals surface area contributed by atoms with Gasteiger partial charge in [-0.25, -0.2) is 0 Å². The highest BCUT2D eigenvalue weighted by molar-refractivity contribution is 6.59. The first-order chi connectivity index (χ1) is 9.65. The van der Waals surface area contributed by atoms with Gasteiger partial charge < -0.3 is 10.0 Å². The topological polar surface area (TPSA) is 46.9 Å². The van der Waals surface area contributed by atoms with E-state index < -0.39 is 7.12 Å². The maximum Gasteiger partial charge on any atom is 0.488 e. The molecule has 2 aliphatic heterocycles. The molecular weight excluding hydrogens is 251 g/mol. The van der Waals surface area contributed by atoms with Crippen LogP contribution in [0, 0.1) is 0 Å². The van der Waals surface area contributed by atoms with Crippen LogP contribution in [0.4, 0.5) is 0 Å². The van der Waals surface area contributed by atoms with Gasteiger partial charge in [-0.15, -0.1) is 0 Å². The summed E-state index contributed by atoms with van der Waals surface area (Å²) in [5.41, 5.74) is 1.66. The van der Waals surface area contributed by atoms with E-state index in [0.29, 0.717) is 17.5 Å². The predicted molar refractivity (Wildman–Crippen MR) is 80.7 cm³/mol. The maximum absolute atomic E-state index is 9.48. The van der Waals surface area contributed by atoms with Crippen LogP contribution in [0.5, 0.6) is 0 Å². The average molecular weight is 274 g/mol. The molecule has 3 rings (SSSR count). The monoisotopic (exact) mass is 274 g/mol. The highest BCUT2D eigenvalue weighted by Crippen LogP contribution is 2.25. The molecule has 2 atom stereocenters. The first kappa shape index (κ1) is 14.1. The van der Waals surface area contributed by atoms with Crippen molar-refractivity contribution in [2.45, 2.75) is 38.4 Å². The lowest BCUT2D eigenvalue weighted by atomic mass is 9.77. The van der Waals surface area contributed by atoms with Crippen LogP contribution in [0.2, 0.25) is 0 Å². The lowest BCUT2D eigenvalue weighted by Crippen LogP contribution is -2.54. The third-order valence-electron chi connectivity index (χ3n) is 4.77. The molecule has 2 N–H and O–H groups in total. The minimum Gasteiger partial charge on any atom is -0.423 e. The van der Waals surface area contributed by atoms with E-state index in [1.54, 1.807) is 6.07 Å². The molecule has 0 aromatic heterocycles. The number of nitrogens with zero attached hydrogens (tertiary/aromatic N) is 2. The second kappa shape index (κ2) is 5.86. The van der Waals surface area contributed by atoms with Gasteiger partial charge >= 0.3 is 7.12 Å². The van der Waals surface area contributed by atoms with Crippen LogP contribution in [0.15, 0.2) is 24.3 Å². The number of rotatable bonds is 3. The molecule has 0 amide bonds. The molecule has 2 fully saturated rings. The Kier molecular flexibility index (Phi) is 4.12. The van der Waals surface area contributed by atoms with Crippen molar-refractivity contribution in [2.75, 3.05) is 19.6 Å². The van der Waals surface area contributed by atoms with Crippen LogP contribution >= 0.6 is 0 Å². The highest BCUT2D eigenvalue weighted by atomic mass is 16.4. The standard InChI is InChI=1S/C15H23BN2O2/c1-12-9-17-8-4-6-14(17)11-18(12)10-13-5-2-3-7-15(13)16(19)20/h2-3,5,7,12,14,19-20H,4,6,8-11H2,1H3. The summed E-state index contributed by atoms with van der Waals surface area (Å²) in [5.74, 6) is 0. The number of hydrogen-bond acceptors (Lipinski definition) is 4. The molecule has 0 spiro atoms. The third-order valence-corrected chi connectivity index (χ3v) is 4.77. The van der Waals surface area contributed by atoms with E-state index in [1.165, 1.54) is 19.4 Å². The number of fused-ring (bicyclic) bond motifs is 1. The van der Waals surface area contributed by atoms with Crippen molar-refractivity contribution in [3.05, 3.63) is 29.8 Å². The van der Waals surface area contributed by atoms with Crippen molar-refractivity contribution < 1.29 is 10.0 Å². The summed E-state index contributed by atoms with van der Waals surface area (Å²) in [5, 5.41) is 19.0. The number of hydrogen-bond donors (Lipinski definition) is 2. The van der Waals surface area contributed by atoms with Gasteiger partial charge in [0.15, 0.2) is 0 Å². The first-order valence-electron chi connectivity index (χ1n) is 7.57. The van der Waals surface area contributed by atoms with Crippen LogP contribution in [-0.2, 0) is 6.54 Å². The number of piperazine rings is 1. The Morgan fingerprint density at radius 1 is 1.25 bits per heavy atom. The molecule has 2 unspecified atom stereocenters. The summed E-state index contributed by atoms with van der Waals surface area (Å²) in [6.45, 7) is 6.55. The molecular formula is C15H23BN2O2. The molecule has 5 heteroatoms. The van der Waals surface area contributed by atoms with E-state index in [1.807, 2.05) is 18.2 Å². The second-order valence-corrected chi connectivity index (χ2v) is 6.14. The Hall–Kier alpha value is -0.875. The lowest BCUT2D eigenvalue weighted by Gasteiger charge is -2.42. The van der Waals surface area contributed by atoms with E-state index in [9.17, 15) is 10.0 Å². The lowest BCUT2D eigenvalue weighted by molar-refractivity contribution is 0.0542. The molecule has 108 valence electrons. The van der Waals surface area contributed by atoms with Gasteiger partial charge in [-0.2, -0.15) is 0 Å². The minimum absolute atomic E-state index is 0.522. The van der Waals surface area contributed by atoms with Gasteiger partial charge in [0.25, 0.3) is 0 Å². The zero-order valence-corrected chi connectivity index (χ0v) is 12.1. The van der Waals surface area contributed by atoms with E-state index >= 15 is 0 Å². The predicted octanol–water partition coefficient (Wildman–Crippen LogP) is 0.0349. The molecule has 20 heavy (non-hydrogen) atoms. The summed E-state index contributed by atoms with van der Waals surface area (Å²) in [7, 11) is -1.38. The fraction of sp³-hybridized carbons (Fsp3) is 0.600. The van der Waals surface area contributed by atoms with Crippen LogP contribution in [0.1, 0.15) is 25.3 Å². The van der Waals surface area contributed by atoms with Crippen molar-refractivity contribution in [3.8, 4) is 0 Å². The molecule has 1 aromatic rings. The molecule has 2 heterocycles. The fourth-order valence-corrected chi connectivity index (χ4v) is 3.62. The van der Waals surface area contributed by atoms with Crippen molar-refractivity contribution in [2.24, 2.45) is 0 Å². The molecule has 0 saturated carbocycles. The van der Waals surface area contributed by atoms with Gasteiger partial charge in [-0.1, -0.05) is 24.3 Å². The zero-order chi connectivity index (χ0) is 14.1. The van der Waals surface area contributed by atoms with Gasteiger partial charge in [0.1, 0.15) is 0 Å². The van der Waals surface area contributed by atoms with Crippen LogP contribution < -0.4 is 5.46 Å². The van der Waals surface area contributed by atoms with Crippen molar-refractivity contribution in [1.82, 2.24) is 9.80 Å². The van der Waals surface area contributed by atoms with Crippen molar-refractivity contribution in [1.29, 1.82) is 0 Å². The van der Waals surface area contributed by atoms with Gasteiger partial charge in [0.2, 0.25) is 0 Å². The summed E-state index contributed by atoms with van der Waals surface area (Å²) < 4.78 is 0. The molecule has 0 bridgehead atoms. The van der Waals surface area contributed by atoms with Gasteiger partial charge in [0.05, 0.1) is 0 Å². The van der Waals surface area contributed by atoms with Gasteiger partial charge in [0, 0.05) is 31.7 Å². The molecule has 2 saturated heterocycles. The Labute approximate surface area is 121 Å². The molecule has 4 nitrogen and oxygen atoms in total. The normalized spacial score (nSPS) is 27.6. The average Bonchev–Trinajstić information content (AvgIpc) is 2.86. The minimum atomic E-state index is -1.38. The number of benzene rings is 1. The fourth-order valence-electron chi connectivity index (χ4n) is 3.62. The first-order valence-corrected chi connectivity index (χ1v) is 7.57. The Bertz CT molecular complexity index is 469. The van der Waals surface area contributed by atoms with Gasteiger partial charge in [-0.3, -0.25) is 9.80 Å². The SMILES string of the molecule is CC1CN2CCCC2CN1Cc1ccccc1B(O)O. The summed E-state index contributed by atoms with van der Waals surface area (Å²) in [6, 6.07) is 8.85. The van der Waals surface area contributed by atoms with Crippen molar-refractivity contribution >= 4 is 12.6 Å². The third kappa shape index (κ3) is 2.77. The largest absolute Gasteiger partial charge is 0.488 e. The molecule has 1 aromatic carbocycles. The molecule has 0 radical (unpaired) electrons. The maximum atomic E-state index is 9.48. The molecule has 0 aliphatic carbocycles. The van der Waals surface area contributed by atoms with Crippen molar-refractivity contribution in [3.63, 3.8) is 0 Å². The van der Waals surface area contributed by atoms with Crippen LogP contribution in [0.25, 0.3) is 0 Å². The summed E-state index contributed by atoms with van der Waals surface area (Å²) in [4.78, 5) is 5.08. The van der Waals surface area contributed by atoms with E-state index in [2.05, 4.69) is 16.7 Å². The Morgan fingerprint density at radius 2 is 2.05 bits per heavy atom. The second-order valence-electron chi connectivity index (χ2n) is 6.14. The highest BCUT2D eigenvalue weighted by Gasteiger charge is 2.34. The van der Waals surface area contributed by atoms with E-state index in [-0.39, 0.29) is 0 Å². The smallest absolute Gasteiger partial charge is 0.423 e. The van der Waals surface area contributed by atoms with Crippen LogP contribution in [-0.4, -0.2) is 58.7 Å². The summed E-state index contributed by atoms with van der Waals surface area (Å²) >= 11 is 0. The quantitative estimate of drug-likeness (QED) is 0.764. The van der Waals surface area contributed by atoms with Gasteiger partial charge in [-0.05, 0) is 37.3 Å². The Morgan fingerprint density at radius 3 is 2.85 bits per heavy atom.